The van der Waals surface area contributed by atoms with Crippen LogP contribution in [-0.2, 0) is 13.1 Å². The predicted molar refractivity (Wildman–Crippen MR) is 92.4 cm³/mol. The monoisotopic (exact) mass is 328 g/mol. The van der Waals surface area contributed by atoms with Gasteiger partial charge in [0.15, 0.2) is 0 Å². The molecule has 2 aromatic heterocycles. The van der Waals surface area contributed by atoms with Crippen molar-refractivity contribution in [1.82, 2.24) is 24.8 Å². The summed E-state index contributed by atoms with van der Waals surface area (Å²) >= 11 is 0. The van der Waals surface area contributed by atoms with Crippen LogP contribution >= 0.6 is 0 Å². The number of ether oxygens (including phenoxy) is 1. The second kappa shape index (κ2) is 7.55. The van der Waals surface area contributed by atoms with Gasteiger partial charge in [-0.3, -0.25) is 9.88 Å². The molecule has 1 aliphatic heterocycles. The summed E-state index contributed by atoms with van der Waals surface area (Å²) in [6, 6.07) is 5.64. The number of nitrogen functional groups attached to an aromatic ring is 1. The first-order valence-electron chi connectivity index (χ1n) is 8.14. The quantitative estimate of drug-likeness (QED) is 0.852. The van der Waals surface area contributed by atoms with Gasteiger partial charge in [-0.1, -0.05) is 0 Å². The lowest BCUT2D eigenvalue weighted by Gasteiger charge is -2.17. The molecule has 3 heterocycles. The highest BCUT2D eigenvalue weighted by molar-refractivity contribution is 5.25. The van der Waals surface area contributed by atoms with Gasteiger partial charge in [0.2, 0.25) is 0 Å². The molecule has 2 aromatic rings. The molecule has 0 saturated carbocycles. The zero-order valence-electron chi connectivity index (χ0n) is 14.2. The van der Waals surface area contributed by atoms with Crippen LogP contribution in [0.4, 0.5) is 5.82 Å². The Morgan fingerprint density at radius 3 is 2.92 bits per heavy atom. The molecule has 0 radical (unpaired) electrons. The van der Waals surface area contributed by atoms with E-state index in [-0.39, 0.29) is 6.10 Å². The maximum atomic E-state index is 6.12. The van der Waals surface area contributed by atoms with E-state index >= 15 is 0 Å². The molecule has 1 saturated heterocycles. The Bertz CT molecular complexity index is 678. The molecule has 0 aromatic carbocycles. The first-order chi connectivity index (χ1) is 11.6. The molecule has 24 heavy (non-hydrogen) atoms. The Kier molecular flexibility index (Phi) is 5.22. The lowest BCUT2D eigenvalue weighted by molar-refractivity contribution is 0.196. The minimum absolute atomic E-state index is 0.181. The van der Waals surface area contributed by atoms with Gasteiger partial charge in [-0.2, -0.15) is 0 Å². The largest absolute Gasteiger partial charge is 0.489 e. The molecular weight excluding hydrogens is 304 g/mol. The van der Waals surface area contributed by atoms with Crippen molar-refractivity contribution >= 4 is 5.82 Å². The van der Waals surface area contributed by atoms with E-state index in [1.165, 1.54) is 0 Å². The van der Waals surface area contributed by atoms with E-state index in [2.05, 4.69) is 24.8 Å². The Morgan fingerprint density at radius 2 is 2.12 bits per heavy atom. The van der Waals surface area contributed by atoms with Crippen LogP contribution in [0.25, 0.3) is 0 Å². The minimum Gasteiger partial charge on any atom is -0.489 e. The Balaban J connectivity index is 1.54. The highest BCUT2D eigenvalue weighted by atomic mass is 16.5. The van der Waals surface area contributed by atoms with Gasteiger partial charge in [0, 0.05) is 38.1 Å². The van der Waals surface area contributed by atoms with Crippen molar-refractivity contribution in [1.29, 1.82) is 0 Å². The summed E-state index contributed by atoms with van der Waals surface area (Å²) in [5.74, 6) is 2.15. The average molecular weight is 328 g/mol. The third kappa shape index (κ3) is 4.62. The number of hydrogen-bond donors (Lipinski definition) is 1. The molecule has 1 aliphatic rings. The minimum atomic E-state index is 0.181. The second-order valence-electron chi connectivity index (χ2n) is 6.38. The summed E-state index contributed by atoms with van der Waals surface area (Å²) in [7, 11) is 4.06. The third-order valence-electron chi connectivity index (χ3n) is 3.89. The number of anilines is 1. The van der Waals surface area contributed by atoms with Crippen LogP contribution in [0, 0.1) is 0 Å². The summed E-state index contributed by atoms with van der Waals surface area (Å²) < 4.78 is 6.12. The number of pyridine rings is 1. The maximum absolute atomic E-state index is 6.12. The van der Waals surface area contributed by atoms with Crippen LogP contribution in [0.5, 0.6) is 5.75 Å². The smallest absolute Gasteiger partial charge is 0.144 e. The van der Waals surface area contributed by atoms with Crippen LogP contribution in [-0.4, -0.2) is 58.0 Å². The zero-order valence-corrected chi connectivity index (χ0v) is 14.2. The van der Waals surface area contributed by atoms with Gasteiger partial charge in [0.05, 0.1) is 12.2 Å². The number of aromatic nitrogens is 3. The number of nitrogens with two attached hydrogens (primary N) is 1. The normalized spacial score (nSPS) is 18.2. The van der Waals surface area contributed by atoms with Gasteiger partial charge in [0.25, 0.3) is 0 Å². The number of hydrogen-bond acceptors (Lipinski definition) is 7. The molecule has 1 fully saturated rings. The lowest BCUT2D eigenvalue weighted by atomic mass is 10.3. The third-order valence-corrected chi connectivity index (χ3v) is 3.89. The molecular formula is C17H24N6O. The van der Waals surface area contributed by atoms with E-state index in [0.717, 1.165) is 43.3 Å². The molecule has 128 valence electrons. The van der Waals surface area contributed by atoms with Crippen molar-refractivity contribution in [3.05, 3.63) is 42.1 Å². The van der Waals surface area contributed by atoms with Crippen LogP contribution in [0.1, 0.15) is 17.9 Å². The predicted octanol–water partition coefficient (Wildman–Crippen LogP) is 1.17. The Hall–Kier alpha value is -2.25. The van der Waals surface area contributed by atoms with Crippen molar-refractivity contribution in [3.8, 4) is 5.75 Å². The van der Waals surface area contributed by atoms with Crippen LogP contribution < -0.4 is 10.5 Å². The number of nitrogens with zero attached hydrogens (tertiary/aromatic N) is 5. The molecule has 0 spiro atoms. The summed E-state index contributed by atoms with van der Waals surface area (Å²) in [6.07, 6.45) is 4.68. The summed E-state index contributed by atoms with van der Waals surface area (Å²) in [4.78, 5) is 17.3. The molecule has 2 N–H and O–H groups in total. The molecule has 0 amide bonds. The average Bonchev–Trinajstić information content (AvgIpc) is 2.94. The van der Waals surface area contributed by atoms with E-state index in [0.29, 0.717) is 12.4 Å². The SMILES string of the molecule is CN(C)Cc1cc(OC2CCN(Cc3nccc(N)n3)C2)ccn1. The Labute approximate surface area is 142 Å². The van der Waals surface area contributed by atoms with E-state index in [1.54, 1.807) is 12.3 Å². The van der Waals surface area contributed by atoms with Crippen molar-refractivity contribution in [3.63, 3.8) is 0 Å². The molecule has 0 aliphatic carbocycles. The summed E-state index contributed by atoms with van der Waals surface area (Å²) in [6.45, 7) is 3.34. The molecule has 1 unspecified atom stereocenters. The Morgan fingerprint density at radius 1 is 1.29 bits per heavy atom. The fourth-order valence-corrected chi connectivity index (χ4v) is 2.86. The second-order valence-corrected chi connectivity index (χ2v) is 6.38. The highest BCUT2D eigenvalue weighted by Gasteiger charge is 2.24. The van der Waals surface area contributed by atoms with Crippen LogP contribution in [0.15, 0.2) is 30.6 Å². The molecule has 3 rings (SSSR count). The number of likely N-dealkylation sites (tertiary alicyclic amines) is 1. The van der Waals surface area contributed by atoms with E-state index < -0.39 is 0 Å². The van der Waals surface area contributed by atoms with Gasteiger partial charge in [0.1, 0.15) is 23.5 Å². The van der Waals surface area contributed by atoms with Gasteiger partial charge in [-0.25, -0.2) is 9.97 Å². The van der Waals surface area contributed by atoms with Crippen molar-refractivity contribution in [2.75, 3.05) is 32.9 Å². The summed E-state index contributed by atoms with van der Waals surface area (Å²) in [5, 5.41) is 0. The van der Waals surface area contributed by atoms with Crippen LogP contribution in [0.2, 0.25) is 0 Å². The standard InChI is InChI=1S/C17H24N6O/c1-22(2)10-13-9-14(3-6-19-13)24-15-5-8-23(11-15)12-17-20-7-4-16(18)21-17/h3-4,6-7,9,15H,5,8,10-12H2,1-2H3,(H2,18,20,21). The van der Waals surface area contributed by atoms with E-state index in [4.69, 9.17) is 10.5 Å². The molecule has 7 nitrogen and oxygen atoms in total. The van der Waals surface area contributed by atoms with Crippen molar-refractivity contribution in [2.45, 2.75) is 25.6 Å². The van der Waals surface area contributed by atoms with Crippen molar-refractivity contribution in [2.24, 2.45) is 0 Å². The van der Waals surface area contributed by atoms with Crippen LogP contribution in [0.3, 0.4) is 0 Å². The van der Waals surface area contributed by atoms with Gasteiger partial charge in [-0.15, -0.1) is 0 Å². The molecule has 1 atom stereocenters. The van der Waals surface area contributed by atoms with Gasteiger partial charge in [-0.05, 0) is 32.6 Å². The first-order valence-corrected chi connectivity index (χ1v) is 8.14. The fraction of sp³-hybridized carbons (Fsp3) is 0.471. The van der Waals surface area contributed by atoms with E-state index in [1.807, 2.05) is 32.4 Å². The molecule has 0 bridgehead atoms. The molecule has 7 heteroatoms. The van der Waals surface area contributed by atoms with Gasteiger partial charge < -0.3 is 15.4 Å². The van der Waals surface area contributed by atoms with Crippen molar-refractivity contribution < 1.29 is 4.74 Å². The summed E-state index contributed by atoms with van der Waals surface area (Å²) in [5.41, 5.74) is 6.72. The number of rotatable bonds is 6. The first kappa shape index (κ1) is 16.6. The fourth-order valence-electron chi connectivity index (χ4n) is 2.86. The zero-order chi connectivity index (χ0) is 16.9. The topological polar surface area (TPSA) is 80.4 Å². The van der Waals surface area contributed by atoms with Gasteiger partial charge >= 0.3 is 0 Å². The lowest BCUT2D eigenvalue weighted by Crippen LogP contribution is -2.25. The highest BCUT2D eigenvalue weighted by Crippen LogP contribution is 2.20. The van der Waals surface area contributed by atoms with E-state index in [9.17, 15) is 0 Å². The maximum Gasteiger partial charge on any atom is 0.144 e.